The number of carbonyl (C=O) groups is 2. The van der Waals surface area contributed by atoms with Gasteiger partial charge in [0, 0.05) is 43.7 Å². The van der Waals surface area contributed by atoms with Gasteiger partial charge in [-0.15, -0.1) is 0 Å². The molecule has 0 saturated carbocycles. The Bertz CT molecular complexity index is 1380. The van der Waals surface area contributed by atoms with Crippen LogP contribution in [0.15, 0.2) is 67.0 Å². The first kappa shape index (κ1) is 22.3. The Hall–Kier alpha value is -4.53. The molecule has 1 aliphatic heterocycles. The van der Waals surface area contributed by atoms with Crippen molar-refractivity contribution < 1.29 is 14.0 Å². The predicted molar refractivity (Wildman–Crippen MR) is 131 cm³/mol. The van der Waals surface area contributed by atoms with Gasteiger partial charge in [-0.2, -0.15) is 0 Å². The summed E-state index contributed by atoms with van der Waals surface area (Å²) in [5, 5.41) is 6.10. The zero-order valence-electron chi connectivity index (χ0n) is 19.0. The zero-order chi connectivity index (χ0) is 24.4. The van der Waals surface area contributed by atoms with Crippen molar-refractivity contribution in [1.82, 2.24) is 19.9 Å². The highest BCUT2D eigenvalue weighted by molar-refractivity contribution is 6.06. The molecule has 0 radical (unpaired) electrons. The van der Waals surface area contributed by atoms with Crippen molar-refractivity contribution in [3.8, 4) is 11.3 Å². The van der Waals surface area contributed by atoms with Gasteiger partial charge in [-0.05, 0) is 42.0 Å². The van der Waals surface area contributed by atoms with Gasteiger partial charge in [0.15, 0.2) is 0 Å². The number of rotatable bonds is 6. The largest absolute Gasteiger partial charge is 0.356 e. The van der Waals surface area contributed by atoms with Gasteiger partial charge in [-0.3, -0.25) is 9.59 Å². The lowest BCUT2D eigenvalue weighted by atomic mass is 10.0. The third-order valence-electron chi connectivity index (χ3n) is 5.85. The Kier molecular flexibility index (Phi) is 5.97. The lowest BCUT2D eigenvalue weighted by molar-refractivity contribution is -0.115. The minimum absolute atomic E-state index is 0.0749. The van der Waals surface area contributed by atoms with Gasteiger partial charge in [0.05, 0.1) is 23.4 Å². The molecule has 0 aliphatic carbocycles. The normalized spacial score (nSPS) is 12.9. The molecular formula is C26H23FN6O2. The molecule has 0 unspecified atom stereocenters. The van der Waals surface area contributed by atoms with Gasteiger partial charge in [-0.1, -0.05) is 18.2 Å². The van der Waals surface area contributed by atoms with Crippen LogP contribution in [0.5, 0.6) is 0 Å². The number of benzene rings is 1. The van der Waals surface area contributed by atoms with Crippen LogP contribution in [0, 0.1) is 5.82 Å². The summed E-state index contributed by atoms with van der Waals surface area (Å²) < 4.78 is 13.1. The van der Waals surface area contributed by atoms with Gasteiger partial charge in [-0.25, -0.2) is 14.4 Å². The third kappa shape index (κ3) is 4.74. The standard InChI is InChI=1S/C26H23FN6O2/c1-33-13-10-19-23(26(33)35)25(32-20-4-2-3-11-28-20)24(30-19)17-9-12-29-21(15-17)31-22(34)14-16-5-7-18(27)8-6-16/h2-9,11-12,15,30H,10,13-14H2,1H3,(H,28,32)(H,29,31,34). The molecule has 35 heavy (non-hydrogen) atoms. The van der Waals surface area contributed by atoms with Gasteiger partial charge in [0.25, 0.3) is 5.91 Å². The van der Waals surface area contributed by atoms with E-state index in [4.69, 9.17) is 0 Å². The van der Waals surface area contributed by atoms with E-state index in [0.29, 0.717) is 47.1 Å². The molecule has 4 aromatic rings. The number of carbonyl (C=O) groups excluding carboxylic acids is 2. The number of anilines is 3. The minimum Gasteiger partial charge on any atom is -0.356 e. The molecule has 9 heteroatoms. The van der Waals surface area contributed by atoms with Gasteiger partial charge in [0.2, 0.25) is 5.91 Å². The average molecular weight is 471 g/mol. The number of fused-ring (bicyclic) bond motifs is 1. The predicted octanol–water partition coefficient (Wildman–Crippen LogP) is 4.16. The fourth-order valence-electron chi connectivity index (χ4n) is 4.08. The summed E-state index contributed by atoms with van der Waals surface area (Å²) in [5.41, 5.74) is 4.21. The highest BCUT2D eigenvalue weighted by atomic mass is 19.1. The number of H-pyrrole nitrogens is 1. The van der Waals surface area contributed by atoms with Gasteiger partial charge >= 0.3 is 0 Å². The SMILES string of the molecule is CN1CCc2[nH]c(-c3ccnc(NC(=O)Cc4ccc(F)cc4)c3)c(Nc3ccccn3)c2C1=O. The van der Waals surface area contributed by atoms with Crippen LogP contribution >= 0.6 is 0 Å². The molecule has 5 rings (SSSR count). The van der Waals surface area contributed by atoms with Crippen molar-refractivity contribution in [2.24, 2.45) is 0 Å². The number of pyridine rings is 2. The summed E-state index contributed by atoms with van der Waals surface area (Å²) in [7, 11) is 1.78. The molecule has 0 atom stereocenters. The topological polar surface area (TPSA) is 103 Å². The molecule has 0 bridgehead atoms. The van der Waals surface area contributed by atoms with Gasteiger partial charge in [0.1, 0.15) is 17.5 Å². The molecule has 176 valence electrons. The molecule has 3 N–H and O–H groups in total. The smallest absolute Gasteiger partial charge is 0.257 e. The summed E-state index contributed by atoms with van der Waals surface area (Å²) in [4.78, 5) is 39.3. The number of hydrogen-bond donors (Lipinski definition) is 3. The molecule has 8 nitrogen and oxygen atoms in total. The van der Waals surface area contributed by atoms with E-state index in [1.165, 1.54) is 12.1 Å². The maximum Gasteiger partial charge on any atom is 0.257 e. The first-order valence-corrected chi connectivity index (χ1v) is 11.2. The fraction of sp³-hybridized carbons (Fsp3) is 0.154. The second kappa shape index (κ2) is 9.38. The molecule has 1 aliphatic rings. The van der Waals surface area contributed by atoms with Crippen molar-refractivity contribution >= 4 is 29.1 Å². The highest BCUT2D eigenvalue weighted by Crippen LogP contribution is 2.37. The first-order chi connectivity index (χ1) is 17.0. The van der Waals surface area contributed by atoms with E-state index in [1.54, 1.807) is 42.5 Å². The van der Waals surface area contributed by atoms with Crippen LogP contribution in [0.1, 0.15) is 21.6 Å². The summed E-state index contributed by atoms with van der Waals surface area (Å²) in [5.74, 6) is 0.287. The maximum atomic E-state index is 13.1. The lowest BCUT2D eigenvalue weighted by Gasteiger charge is -2.23. The molecule has 1 aromatic carbocycles. The Morgan fingerprint density at radius 1 is 1.09 bits per heavy atom. The number of aromatic amines is 1. The molecule has 0 saturated heterocycles. The monoisotopic (exact) mass is 470 g/mol. The van der Waals surface area contributed by atoms with Crippen molar-refractivity contribution in [3.05, 3.63) is 89.6 Å². The Morgan fingerprint density at radius 2 is 1.89 bits per heavy atom. The number of nitrogens with one attached hydrogen (secondary N) is 3. The second-order valence-corrected chi connectivity index (χ2v) is 8.33. The Balaban J connectivity index is 1.46. The molecular weight excluding hydrogens is 447 g/mol. The number of hydrogen-bond acceptors (Lipinski definition) is 5. The van der Waals surface area contributed by atoms with E-state index in [2.05, 4.69) is 25.6 Å². The van der Waals surface area contributed by atoms with Gasteiger partial charge < -0.3 is 20.5 Å². The van der Waals surface area contributed by atoms with Crippen LogP contribution in [-0.4, -0.2) is 45.3 Å². The quantitative estimate of drug-likeness (QED) is 0.393. The van der Waals surface area contributed by atoms with Crippen LogP contribution < -0.4 is 10.6 Å². The fourth-order valence-corrected chi connectivity index (χ4v) is 4.08. The number of likely N-dealkylation sites (N-methyl/N-ethyl adjacent to an activating group) is 1. The van der Waals surface area contributed by atoms with Crippen molar-refractivity contribution in [2.75, 3.05) is 24.2 Å². The number of halogens is 1. The van der Waals surface area contributed by atoms with E-state index < -0.39 is 0 Å². The highest BCUT2D eigenvalue weighted by Gasteiger charge is 2.30. The second-order valence-electron chi connectivity index (χ2n) is 8.33. The molecule has 0 spiro atoms. The summed E-state index contributed by atoms with van der Waals surface area (Å²) in [6.45, 7) is 0.621. The van der Waals surface area contributed by atoms with Crippen molar-refractivity contribution in [2.45, 2.75) is 12.8 Å². The lowest BCUT2D eigenvalue weighted by Crippen LogP contribution is -2.34. The summed E-state index contributed by atoms with van der Waals surface area (Å²) in [6, 6.07) is 14.9. The van der Waals surface area contributed by atoms with Crippen molar-refractivity contribution in [3.63, 3.8) is 0 Å². The molecule has 3 aromatic heterocycles. The van der Waals surface area contributed by atoms with Crippen molar-refractivity contribution in [1.29, 1.82) is 0 Å². The summed E-state index contributed by atoms with van der Waals surface area (Å²) >= 11 is 0. The first-order valence-electron chi connectivity index (χ1n) is 11.2. The van der Waals surface area contributed by atoms with E-state index in [-0.39, 0.29) is 24.1 Å². The number of nitrogens with zero attached hydrogens (tertiary/aromatic N) is 3. The molecule has 2 amide bonds. The zero-order valence-corrected chi connectivity index (χ0v) is 19.0. The van der Waals surface area contributed by atoms with E-state index in [1.807, 2.05) is 24.3 Å². The van der Waals surface area contributed by atoms with E-state index in [0.717, 1.165) is 11.3 Å². The summed E-state index contributed by atoms with van der Waals surface area (Å²) in [6.07, 6.45) is 4.06. The Morgan fingerprint density at radius 3 is 2.66 bits per heavy atom. The van der Waals surface area contributed by atoms with Crippen LogP contribution in [0.2, 0.25) is 0 Å². The van der Waals surface area contributed by atoms with Crippen LogP contribution in [0.3, 0.4) is 0 Å². The Labute approximate surface area is 201 Å². The van der Waals surface area contributed by atoms with E-state index in [9.17, 15) is 14.0 Å². The van der Waals surface area contributed by atoms with Crippen LogP contribution in [0.25, 0.3) is 11.3 Å². The number of amides is 2. The maximum absolute atomic E-state index is 13.1. The molecule has 4 heterocycles. The third-order valence-corrected chi connectivity index (χ3v) is 5.85. The van der Waals surface area contributed by atoms with Crippen LogP contribution in [0.4, 0.5) is 21.7 Å². The minimum atomic E-state index is -0.350. The van der Waals surface area contributed by atoms with Crippen LogP contribution in [-0.2, 0) is 17.6 Å². The van der Waals surface area contributed by atoms with E-state index >= 15 is 0 Å². The molecule has 0 fully saturated rings. The number of aromatic nitrogens is 3. The average Bonchev–Trinajstić information content (AvgIpc) is 3.22.